The Hall–Kier alpha value is -1.84. The molecule has 22 heavy (non-hydrogen) atoms. The Morgan fingerprint density at radius 3 is 2.32 bits per heavy atom. The van der Waals surface area contributed by atoms with E-state index in [1.807, 2.05) is 18.2 Å². The molecule has 0 radical (unpaired) electrons. The molecule has 3 heteroatoms. The third-order valence-corrected chi connectivity index (χ3v) is 3.99. The van der Waals surface area contributed by atoms with Crippen molar-refractivity contribution in [3.05, 3.63) is 65.7 Å². The van der Waals surface area contributed by atoms with E-state index in [1.165, 1.54) is 11.1 Å². The number of rotatable bonds is 6. The van der Waals surface area contributed by atoms with Crippen LogP contribution in [0.25, 0.3) is 0 Å². The quantitative estimate of drug-likeness (QED) is 0.817. The fourth-order valence-electron chi connectivity index (χ4n) is 2.61. The van der Waals surface area contributed by atoms with Gasteiger partial charge in [-0.3, -0.25) is 4.90 Å². The van der Waals surface area contributed by atoms with E-state index >= 15 is 0 Å². The summed E-state index contributed by atoms with van der Waals surface area (Å²) in [5.41, 5.74) is 2.55. The second-order valence-corrected chi connectivity index (χ2v) is 5.62. The van der Waals surface area contributed by atoms with E-state index in [2.05, 4.69) is 41.3 Å². The van der Waals surface area contributed by atoms with Gasteiger partial charge in [-0.25, -0.2) is 0 Å². The molecule has 0 atom stereocenters. The van der Waals surface area contributed by atoms with E-state index in [-0.39, 0.29) is 0 Å². The third-order valence-electron chi connectivity index (χ3n) is 3.99. The van der Waals surface area contributed by atoms with Crippen LogP contribution in [0.1, 0.15) is 11.1 Å². The van der Waals surface area contributed by atoms with Crippen molar-refractivity contribution >= 4 is 0 Å². The lowest BCUT2D eigenvalue weighted by Gasteiger charge is -2.26. The molecule has 2 aromatic carbocycles. The van der Waals surface area contributed by atoms with E-state index in [4.69, 9.17) is 9.47 Å². The lowest BCUT2D eigenvalue weighted by atomic mass is 10.1. The van der Waals surface area contributed by atoms with E-state index in [9.17, 15) is 0 Å². The van der Waals surface area contributed by atoms with Gasteiger partial charge in [0, 0.05) is 19.6 Å². The Balaban J connectivity index is 1.45. The van der Waals surface area contributed by atoms with Gasteiger partial charge in [-0.05, 0) is 29.7 Å². The molecule has 1 saturated heterocycles. The summed E-state index contributed by atoms with van der Waals surface area (Å²) in [5.74, 6) is 0.930. The van der Waals surface area contributed by atoms with E-state index in [0.29, 0.717) is 6.61 Å². The Labute approximate surface area is 132 Å². The van der Waals surface area contributed by atoms with Crippen LogP contribution in [-0.4, -0.2) is 37.7 Å². The van der Waals surface area contributed by atoms with Crippen LogP contribution in [-0.2, 0) is 17.8 Å². The van der Waals surface area contributed by atoms with Crippen LogP contribution in [0.15, 0.2) is 54.6 Å². The normalized spacial score (nSPS) is 15.6. The summed E-state index contributed by atoms with van der Waals surface area (Å²) in [6.45, 7) is 5.57. The van der Waals surface area contributed by atoms with Crippen molar-refractivity contribution < 1.29 is 9.47 Å². The first kappa shape index (κ1) is 15.1. The van der Waals surface area contributed by atoms with E-state index < -0.39 is 0 Å². The molecule has 0 spiro atoms. The maximum atomic E-state index is 5.81. The van der Waals surface area contributed by atoms with Crippen molar-refractivity contribution in [3.63, 3.8) is 0 Å². The zero-order chi connectivity index (χ0) is 15.0. The van der Waals surface area contributed by atoms with Gasteiger partial charge in [0.1, 0.15) is 12.4 Å². The second-order valence-electron chi connectivity index (χ2n) is 5.62. The predicted octanol–water partition coefficient (Wildman–Crippen LogP) is 3.14. The number of morpholine rings is 1. The molecule has 0 unspecified atom stereocenters. The summed E-state index contributed by atoms with van der Waals surface area (Å²) in [6.07, 6.45) is 1.08. The van der Waals surface area contributed by atoms with Gasteiger partial charge in [0.15, 0.2) is 0 Å². The number of benzene rings is 2. The van der Waals surface area contributed by atoms with E-state index in [0.717, 1.165) is 45.0 Å². The number of nitrogens with zero attached hydrogens (tertiary/aromatic N) is 1. The highest BCUT2D eigenvalue weighted by Crippen LogP contribution is 2.15. The largest absolute Gasteiger partial charge is 0.489 e. The monoisotopic (exact) mass is 297 g/mol. The molecular weight excluding hydrogens is 274 g/mol. The summed E-state index contributed by atoms with van der Waals surface area (Å²) in [7, 11) is 0. The van der Waals surface area contributed by atoms with Gasteiger partial charge in [0.2, 0.25) is 0 Å². The Morgan fingerprint density at radius 1 is 0.864 bits per heavy atom. The van der Waals surface area contributed by atoms with Crippen LogP contribution in [0.4, 0.5) is 0 Å². The highest BCUT2D eigenvalue weighted by molar-refractivity contribution is 5.28. The van der Waals surface area contributed by atoms with Crippen molar-refractivity contribution in [3.8, 4) is 5.75 Å². The van der Waals surface area contributed by atoms with Gasteiger partial charge >= 0.3 is 0 Å². The first-order chi connectivity index (χ1) is 10.9. The first-order valence-electron chi connectivity index (χ1n) is 7.96. The molecular formula is C19H23NO2. The van der Waals surface area contributed by atoms with Crippen LogP contribution in [0.5, 0.6) is 5.75 Å². The lowest BCUT2D eigenvalue weighted by molar-refractivity contribution is 0.0384. The first-order valence-corrected chi connectivity index (χ1v) is 7.96. The predicted molar refractivity (Wildman–Crippen MR) is 88.2 cm³/mol. The summed E-state index contributed by atoms with van der Waals surface area (Å²) in [5, 5.41) is 0. The molecule has 3 nitrogen and oxygen atoms in total. The second kappa shape index (κ2) is 7.97. The average molecular weight is 297 g/mol. The zero-order valence-electron chi connectivity index (χ0n) is 12.9. The average Bonchev–Trinajstić information content (AvgIpc) is 2.61. The molecule has 3 rings (SSSR count). The maximum Gasteiger partial charge on any atom is 0.119 e. The molecule has 1 aliphatic rings. The number of hydrogen-bond donors (Lipinski definition) is 0. The molecule has 1 heterocycles. The molecule has 0 bridgehead atoms. The summed E-state index contributed by atoms with van der Waals surface area (Å²) in [6, 6.07) is 18.7. The van der Waals surface area contributed by atoms with Crippen molar-refractivity contribution in [2.45, 2.75) is 13.0 Å². The molecule has 1 aliphatic heterocycles. The van der Waals surface area contributed by atoms with Crippen LogP contribution >= 0.6 is 0 Å². The topological polar surface area (TPSA) is 21.7 Å². The van der Waals surface area contributed by atoms with Gasteiger partial charge in [-0.2, -0.15) is 0 Å². The van der Waals surface area contributed by atoms with Gasteiger partial charge in [-0.1, -0.05) is 42.5 Å². The van der Waals surface area contributed by atoms with Crippen LogP contribution in [0.2, 0.25) is 0 Å². The standard InChI is InChI=1S/C19H23NO2/c1-2-4-18(5-3-1)16-22-19-8-6-17(7-9-19)10-11-20-12-14-21-15-13-20/h1-9H,10-16H2. The van der Waals surface area contributed by atoms with Gasteiger partial charge < -0.3 is 9.47 Å². The fraction of sp³-hybridized carbons (Fsp3) is 0.368. The molecule has 0 saturated carbocycles. The number of ether oxygens (including phenoxy) is 2. The van der Waals surface area contributed by atoms with Crippen molar-refractivity contribution in [2.24, 2.45) is 0 Å². The molecule has 0 aromatic heterocycles. The van der Waals surface area contributed by atoms with Crippen molar-refractivity contribution in [1.29, 1.82) is 0 Å². The van der Waals surface area contributed by atoms with Gasteiger partial charge in [0.05, 0.1) is 13.2 Å². The fourth-order valence-corrected chi connectivity index (χ4v) is 2.61. The smallest absolute Gasteiger partial charge is 0.119 e. The third kappa shape index (κ3) is 4.58. The van der Waals surface area contributed by atoms with Crippen molar-refractivity contribution in [1.82, 2.24) is 4.90 Å². The lowest BCUT2D eigenvalue weighted by Crippen LogP contribution is -2.37. The van der Waals surface area contributed by atoms with Crippen LogP contribution in [0, 0.1) is 0 Å². The van der Waals surface area contributed by atoms with Crippen LogP contribution < -0.4 is 4.74 Å². The molecule has 0 amide bonds. The molecule has 1 fully saturated rings. The number of hydrogen-bond acceptors (Lipinski definition) is 3. The molecule has 0 aliphatic carbocycles. The van der Waals surface area contributed by atoms with Crippen molar-refractivity contribution in [2.75, 3.05) is 32.8 Å². The van der Waals surface area contributed by atoms with Gasteiger partial charge in [0.25, 0.3) is 0 Å². The summed E-state index contributed by atoms with van der Waals surface area (Å²) in [4.78, 5) is 2.46. The minimum absolute atomic E-state index is 0.619. The maximum absolute atomic E-state index is 5.81. The Kier molecular flexibility index (Phi) is 5.46. The van der Waals surface area contributed by atoms with E-state index in [1.54, 1.807) is 0 Å². The summed E-state index contributed by atoms with van der Waals surface area (Å²) < 4.78 is 11.2. The highest BCUT2D eigenvalue weighted by Gasteiger charge is 2.09. The zero-order valence-corrected chi connectivity index (χ0v) is 12.9. The molecule has 0 N–H and O–H groups in total. The SMILES string of the molecule is c1ccc(COc2ccc(CCN3CCOCC3)cc2)cc1. The van der Waals surface area contributed by atoms with Crippen LogP contribution in [0.3, 0.4) is 0 Å². The minimum Gasteiger partial charge on any atom is -0.489 e. The Bertz CT molecular complexity index is 547. The Morgan fingerprint density at radius 2 is 1.59 bits per heavy atom. The highest BCUT2D eigenvalue weighted by atomic mass is 16.5. The minimum atomic E-state index is 0.619. The molecule has 2 aromatic rings. The molecule has 116 valence electrons. The summed E-state index contributed by atoms with van der Waals surface area (Å²) >= 11 is 0. The van der Waals surface area contributed by atoms with Gasteiger partial charge in [-0.15, -0.1) is 0 Å².